The minimum atomic E-state index is -4.40. The van der Waals surface area contributed by atoms with Crippen molar-refractivity contribution >= 4 is 0 Å². The molecule has 0 aliphatic carbocycles. The molecule has 0 aliphatic heterocycles. The zero-order chi connectivity index (χ0) is 12.0. The average Bonchev–Trinajstić information content (AvgIpc) is 1.77. The van der Waals surface area contributed by atoms with E-state index in [0.29, 0.717) is 0 Å². The summed E-state index contributed by atoms with van der Waals surface area (Å²) in [5.74, 6) is -13.2. The molecule has 0 bridgehead atoms. The lowest BCUT2D eigenvalue weighted by atomic mass is 9.91. The highest BCUT2D eigenvalue weighted by molar-refractivity contribution is 5.02. The Kier molecular flexibility index (Phi) is 2.96. The average molecular weight is 217 g/mol. The van der Waals surface area contributed by atoms with Gasteiger partial charge in [0.05, 0.1) is 0 Å². The Morgan fingerprint density at radius 2 is 0.643 bits per heavy atom. The van der Waals surface area contributed by atoms with E-state index in [1.165, 1.54) is 0 Å². The Morgan fingerprint density at radius 3 is 0.643 bits per heavy atom. The highest BCUT2D eigenvalue weighted by Gasteiger charge is 2.72. The van der Waals surface area contributed by atoms with Crippen LogP contribution in [-0.2, 0) is 0 Å². The SMILES string of the molecule is NC(C(O)(O)O)(C(O)(O)O)C(O)(O)O. The first kappa shape index (κ1) is 13.6. The molecule has 0 aliphatic rings. The summed E-state index contributed by atoms with van der Waals surface area (Å²) in [4.78, 5) is 0. The van der Waals surface area contributed by atoms with Crippen molar-refractivity contribution < 1.29 is 46.0 Å². The van der Waals surface area contributed by atoms with Crippen LogP contribution in [0.15, 0.2) is 0 Å². The van der Waals surface area contributed by atoms with Crippen molar-refractivity contribution in [3.05, 3.63) is 0 Å². The molecule has 0 heterocycles. The van der Waals surface area contributed by atoms with E-state index in [1.807, 2.05) is 0 Å². The monoisotopic (exact) mass is 217 g/mol. The van der Waals surface area contributed by atoms with Gasteiger partial charge in [-0.15, -0.1) is 0 Å². The van der Waals surface area contributed by atoms with Crippen molar-refractivity contribution in [3.8, 4) is 0 Å². The summed E-state index contributed by atoms with van der Waals surface area (Å²) >= 11 is 0. The van der Waals surface area contributed by atoms with E-state index in [0.717, 1.165) is 0 Å². The smallest absolute Gasteiger partial charge is 0.311 e. The van der Waals surface area contributed by atoms with E-state index in [2.05, 4.69) is 5.73 Å². The van der Waals surface area contributed by atoms with E-state index in [4.69, 9.17) is 46.0 Å². The zero-order valence-electron chi connectivity index (χ0n) is 6.60. The second kappa shape index (κ2) is 3.04. The molecule has 0 atom stereocenters. The van der Waals surface area contributed by atoms with Gasteiger partial charge >= 0.3 is 17.9 Å². The summed E-state index contributed by atoms with van der Waals surface area (Å²) < 4.78 is 0. The first-order chi connectivity index (χ1) is 5.75. The lowest BCUT2D eigenvalue weighted by Crippen LogP contribution is -2.83. The number of rotatable bonds is 3. The van der Waals surface area contributed by atoms with Crippen LogP contribution in [0.1, 0.15) is 0 Å². The molecular weight excluding hydrogens is 206 g/mol. The topological polar surface area (TPSA) is 208 Å². The summed E-state index contributed by atoms with van der Waals surface area (Å²) in [5.41, 5.74) is 0.292. The van der Waals surface area contributed by atoms with E-state index >= 15 is 0 Å². The van der Waals surface area contributed by atoms with Crippen LogP contribution in [-0.4, -0.2) is 69.4 Å². The molecule has 10 nitrogen and oxygen atoms in total. The minimum Gasteiger partial charge on any atom is -0.342 e. The minimum absolute atomic E-state index is 4.19. The first-order valence-corrected chi connectivity index (χ1v) is 3.05. The third-order valence-electron chi connectivity index (χ3n) is 1.59. The molecule has 10 heteroatoms. The van der Waals surface area contributed by atoms with Crippen molar-refractivity contribution in [1.29, 1.82) is 0 Å². The Bertz CT molecular complexity index is 170. The molecule has 0 amide bonds. The van der Waals surface area contributed by atoms with Gasteiger partial charge in [-0.2, -0.15) is 0 Å². The lowest BCUT2D eigenvalue weighted by Gasteiger charge is -2.45. The molecule has 0 rings (SSSR count). The molecule has 0 aromatic heterocycles. The second-order valence-corrected chi connectivity index (χ2v) is 2.71. The number of hydrogen-bond donors (Lipinski definition) is 10. The highest BCUT2D eigenvalue weighted by atomic mass is 16.8. The molecule has 0 spiro atoms. The van der Waals surface area contributed by atoms with Gasteiger partial charge in [-0.1, -0.05) is 0 Å². The normalized spacial score (nSPS) is 15.9. The predicted octanol–water partition coefficient (Wildman–Crippen LogP) is -6.42. The Labute approximate surface area is 76.3 Å². The fourth-order valence-corrected chi connectivity index (χ4v) is 0.675. The third kappa shape index (κ3) is 1.84. The standard InChI is InChI=1S/C4H11NO9/c5-1(2(6,7)8,3(9,10)11)4(12,13)14/h6-14H,5H2. The number of hydrogen-bond acceptors (Lipinski definition) is 10. The van der Waals surface area contributed by atoms with Crippen molar-refractivity contribution in [1.82, 2.24) is 0 Å². The maximum Gasteiger partial charge on any atom is 0.311 e. The van der Waals surface area contributed by atoms with Crippen LogP contribution in [0, 0.1) is 0 Å². The number of aliphatic hydroxyl groups is 9. The van der Waals surface area contributed by atoms with Gasteiger partial charge in [0, 0.05) is 0 Å². The summed E-state index contributed by atoms with van der Waals surface area (Å²) in [5, 5.41) is 75.9. The van der Waals surface area contributed by atoms with Crippen LogP contribution < -0.4 is 5.73 Å². The first-order valence-electron chi connectivity index (χ1n) is 3.05. The van der Waals surface area contributed by atoms with Gasteiger partial charge < -0.3 is 51.7 Å². The molecular formula is C4H11NO9. The molecule has 14 heavy (non-hydrogen) atoms. The molecule has 0 saturated carbocycles. The molecule has 0 aromatic carbocycles. The lowest BCUT2D eigenvalue weighted by molar-refractivity contribution is -0.523. The van der Waals surface area contributed by atoms with Crippen LogP contribution in [0.2, 0.25) is 0 Å². The predicted molar refractivity (Wildman–Crippen MR) is 35.1 cm³/mol. The van der Waals surface area contributed by atoms with Crippen LogP contribution in [0.25, 0.3) is 0 Å². The van der Waals surface area contributed by atoms with E-state index in [9.17, 15) is 0 Å². The summed E-state index contributed by atoms with van der Waals surface area (Å²) in [7, 11) is 0. The quantitative estimate of drug-likeness (QED) is 0.202. The van der Waals surface area contributed by atoms with E-state index < -0.39 is 23.5 Å². The van der Waals surface area contributed by atoms with Crippen molar-refractivity contribution in [3.63, 3.8) is 0 Å². The molecule has 0 unspecified atom stereocenters. The highest BCUT2D eigenvalue weighted by Crippen LogP contribution is 2.31. The fourth-order valence-electron chi connectivity index (χ4n) is 0.675. The van der Waals surface area contributed by atoms with Gasteiger partial charge in [-0.3, -0.25) is 0 Å². The maximum absolute atomic E-state index is 8.43. The molecule has 86 valence electrons. The third-order valence-corrected chi connectivity index (χ3v) is 1.59. The summed E-state index contributed by atoms with van der Waals surface area (Å²) in [6, 6.07) is 0. The molecule has 0 aromatic rings. The fraction of sp³-hybridized carbons (Fsp3) is 1.00. The van der Waals surface area contributed by atoms with E-state index in [-0.39, 0.29) is 0 Å². The molecule has 0 saturated heterocycles. The van der Waals surface area contributed by atoms with Crippen LogP contribution in [0.3, 0.4) is 0 Å². The molecule has 11 N–H and O–H groups in total. The second-order valence-electron chi connectivity index (χ2n) is 2.71. The van der Waals surface area contributed by atoms with Crippen LogP contribution >= 0.6 is 0 Å². The van der Waals surface area contributed by atoms with Gasteiger partial charge in [0.2, 0.25) is 0 Å². The van der Waals surface area contributed by atoms with Crippen LogP contribution in [0.5, 0.6) is 0 Å². The zero-order valence-corrected chi connectivity index (χ0v) is 6.60. The summed E-state index contributed by atoms with van der Waals surface area (Å²) in [6.45, 7) is 0. The van der Waals surface area contributed by atoms with Crippen molar-refractivity contribution in [2.24, 2.45) is 5.73 Å². The van der Waals surface area contributed by atoms with Gasteiger partial charge in [0.15, 0.2) is 0 Å². The van der Waals surface area contributed by atoms with Gasteiger partial charge in [-0.25, -0.2) is 0 Å². The Hall–Kier alpha value is -0.400. The Balaban J connectivity index is 5.54. The summed E-state index contributed by atoms with van der Waals surface area (Å²) in [6.07, 6.45) is 0. The van der Waals surface area contributed by atoms with Crippen LogP contribution in [0.4, 0.5) is 0 Å². The molecule has 0 fully saturated rings. The maximum atomic E-state index is 8.43. The van der Waals surface area contributed by atoms with Gasteiger partial charge in [-0.05, 0) is 0 Å². The number of nitrogens with two attached hydrogens (primary N) is 1. The molecule has 0 radical (unpaired) electrons. The van der Waals surface area contributed by atoms with Crippen molar-refractivity contribution in [2.75, 3.05) is 0 Å². The Morgan fingerprint density at radius 1 is 0.500 bits per heavy atom. The van der Waals surface area contributed by atoms with Gasteiger partial charge in [0.1, 0.15) is 0 Å². The van der Waals surface area contributed by atoms with E-state index in [1.54, 1.807) is 0 Å². The largest absolute Gasteiger partial charge is 0.342 e. The van der Waals surface area contributed by atoms with Crippen molar-refractivity contribution in [2.45, 2.75) is 23.5 Å². The van der Waals surface area contributed by atoms with Gasteiger partial charge in [0.25, 0.3) is 5.54 Å².